The van der Waals surface area contributed by atoms with E-state index < -0.39 is 0 Å². The van der Waals surface area contributed by atoms with Crippen LogP contribution in [0.4, 0.5) is 0 Å². The number of benzene rings is 2. The monoisotopic (exact) mass is 354 g/mol. The van der Waals surface area contributed by atoms with Gasteiger partial charge < -0.3 is 15.5 Å². The number of aromatic hydroxyl groups is 2. The van der Waals surface area contributed by atoms with Gasteiger partial charge in [-0.25, -0.2) is 0 Å². The lowest BCUT2D eigenvalue weighted by molar-refractivity contribution is 0.0694. The van der Waals surface area contributed by atoms with E-state index in [1.807, 2.05) is 18.2 Å². The number of carbonyl (C=O) groups excluding carboxylic acids is 1. The van der Waals surface area contributed by atoms with E-state index in [2.05, 4.69) is 29.3 Å². The first-order valence-electron chi connectivity index (χ1n) is 9.14. The first kappa shape index (κ1) is 18.3. The lowest BCUT2D eigenvalue weighted by atomic mass is 9.95. The molecule has 0 bridgehead atoms. The van der Waals surface area contributed by atoms with E-state index in [0.29, 0.717) is 5.92 Å². The van der Waals surface area contributed by atoms with Crippen LogP contribution in [-0.4, -0.2) is 40.3 Å². The molecule has 0 saturated carbocycles. The minimum atomic E-state index is -0.314. The molecule has 1 amide bonds. The summed E-state index contributed by atoms with van der Waals surface area (Å²) < 4.78 is 0. The maximum absolute atomic E-state index is 12.6. The van der Waals surface area contributed by atoms with Crippen molar-refractivity contribution in [2.75, 3.05) is 13.1 Å². The Hall–Kier alpha value is -2.53. The molecule has 0 aromatic heterocycles. The molecule has 3 rings (SSSR count). The summed E-state index contributed by atoms with van der Waals surface area (Å²) >= 11 is 0. The van der Waals surface area contributed by atoms with E-state index >= 15 is 0 Å². The van der Waals surface area contributed by atoms with Crippen LogP contribution in [0.3, 0.4) is 0 Å². The molecule has 0 radical (unpaired) electrons. The van der Waals surface area contributed by atoms with Crippen molar-refractivity contribution in [1.82, 2.24) is 10.2 Å². The van der Waals surface area contributed by atoms with Gasteiger partial charge in [0.1, 0.15) is 11.5 Å². The Labute approximate surface area is 154 Å². The number of nitrogens with zero attached hydrogens (tertiary/aromatic N) is 1. The fraction of sp³-hybridized carbons (Fsp3) is 0.381. The van der Waals surface area contributed by atoms with Gasteiger partial charge in [0.2, 0.25) is 0 Å². The Bertz CT molecular complexity index is 748. The van der Waals surface area contributed by atoms with Gasteiger partial charge in [-0.2, -0.15) is 0 Å². The van der Waals surface area contributed by atoms with Crippen LogP contribution in [0.15, 0.2) is 48.5 Å². The molecule has 1 aliphatic heterocycles. The summed E-state index contributed by atoms with van der Waals surface area (Å²) in [4.78, 5) is 14.9. The van der Waals surface area contributed by atoms with Crippen molar-refractivity contribution in [2.24, 2.45) is 5.92 Å². The number of phenolic OH excluding ortho intramolecular Hbond substituents is 2. The van der Waals surface area contributed by atoms with Crippen molar-refractivity contribution >= 4 is 5.91 Å². The van der Waals surface area contributed by atoms with Crippen LogP contribution in [0, 0.1) is 5.92 Å². The lowest BCUT2D eigenvalue weighted by Crippen LogP contribution is -2.52. The minimum Gasteiger partial charge on any atom is -0.508 e. The van der Waals surface area contributed by atoms with Gasteiger partial charge in [-0.1, -0.05) is 37.3 Å². The fourth-order valence-electron chi connectivity index (χ4n) is 3.47. The molecule has 1 saturated heterocycles. The summed E-state index contributed by atoms with van der Waals surface area (Å²) in [6.07, 6.45) is 2.89. The number of piperidine rings is 1. The summed E-state index contributed by atoms with van der Waals surface area (Å²) in [5.74, 6) is -0.0370. The highest BCUT2D eigenvalue weighted by molar-refractivity contribution is 5.97. The maximum atomic E-state index is 12.6. The third kappa shape index (κ3) is 4.55. The highest BCUT2D eigenvalue weighted by atomic mass is 16.3. The molecular weight excluding hydrogens is 328 g/mol. The number of hydrogen-bond donors (Lipinski definition) is 3. The van der Waals surface area contributed by atoms with Gasteiger partial charge in [0.05, 0.1) is 11.7 Å². The van der Waals surface area contributed by atoms with E-state index in [0.717, 1.165) is 32.4 Å². The Balaban J connectivity index is 1.66. The van der Waals surface area contributed by atoms with E-state index in [4.69, 9.17) is 0 Å². The van der Waals surface area contributed by atoms with Crippen molar-refractivity contribution in [3.63, 3.8) is 0 Å². The zero-order valence-electron chi connectivity index (χ0n) is 15.1. The van der Waals surface area contributed by atoms with Gasteiger partial charge in [-0.3, -0.25) is 9.69 Å². The van der Waals surface area contributed by atoms with Crippen molar-refractivity contribution in [1.29, 1.82) is 0 Å². The molecule has 0 aliphatic carbocycles. The zero-order chi connectivity index (χ0) is 18.5. The summed E-state index contributed by atoms with van der Waals surface area (Å²) in [6.45, 7) is 4.02. The zero-order valence-corrected chi connectivity index (χ0v) is 15.1. The molecule has 1 aliphatic rings. The summed E-state index contributed by atoms with van der Waals surface area (Å²) in [6, 6.07) is 14.4. The lowest BCUT2D eigenvalue weighted by Gasteiger charge is -2.39. The number of hydrogen-bond acceptors (Lipinski definition) is 4. The molecule has 1 fully saturated rings. The molecule has 5 heteroatoms. The smallest absolute Gasteiger partial charge is 0.256 e. The number of likely N-dealkylation sites (tertiary alicyclic amines) is 1. The molecule has 1 heterocycles. The predicted molar refractivity (Wildman–Crippen MR) is 101 cm³/mol. The van der Waals surface area contributed by atoms with Crippen molar-refractivity contribution in [2.45, 2.75) is 32.4 Å². The van der Waals surface area contributed by atoms with Crippen LogP contribution in [0.25, 0.3) is 0 Å². The van der Waals surface area contributed by atoms with E-state index in [9.17, 15) is 15.0 Å². The highest BCUT2D eigenvalue weighted by Crippen LogP contribution is 2.25. The summed E-state index contributed by atoms with van der Waals surface area (Å²) in [5.41, 5.74) is 1.47. The predicted octanol–water partition coefficient (Wildman–Crippen LogP) is 3.13. The Kier molecular flexibility index (Phi) is 5.78. The second-order valence-electron chi connectivity index (χ2n) is 7.09. The van der Waals surface area contributed by atoms with Crippen LogP contribution in [0.2, 0.25) is 0 Å². The van der Waals surface area contributed by atoms with Gasteiger partial charge in [0.25, 0.3) is 5.91 Å². The topological polar surface area (TPSA) is 72.8 Å². The second kappa shape index (κ2) is 8.23. The maximum Gasteiger partial charge on any atom is 0.256 e. The average Bonchev–Trinajstić information content (AvgIpc) is 2.62. The van der Waals surface area contributed by atoms with Crippen LogP contribution in [0.1, 0.15) is 35.7 Å². The van der Waals surface area contributed by atoms with Crippen LogP contribution < -0.4 is 5.32 Å². The molecule has 2 aromatic rings. The van der Waals surface area contributed by atoms with Gasteiger partial charge >= 0.3 is 0 Å². The molecule has 2 unspecified atom stereocenters. The van der Waals surface area contributed by atoms with Gasteiger partial charge in [0, 0.05) is 19.2 Å². The molecule has 2 atom stereocenters. The quantitative estimate of drug-likeness (QED) is 0.771. The average molecular weight is 354 g/mol. The highest BCUT2D eigenvalue weighted by Gasteiger charge is 2.28. The number of rotatable bonds is 5. The molecular formula is C21H26N2O3. The SMILES string of the molecule is CC1CCN(CCc2ccccc2)C(NC(=O)c2ccc(O)cc2O)C1. The normalized spacial score (nSPS) is 20.7. The fourth-order valence-corrected chi connectivity index (χ4v) is 3.47. The van der Waals surface area contributed by atoms with Gasteiger partial charge in [-0.05, 0) is 42.9 Å². The van der Waals surface area contributed by atoms with Gasteiger partial charge in [0.15, 0.2) is 0 Å². The van der Waals surface area contributed by atoms with Crippen LogP contribution in [-0.2, 0) is 6.42 Å². The molecule has 3 N–H and O–H groups in total. The third-order valence-corrected chi connectivity index (χ3v) is 5.03. The molecule has 26 heavy (non-hydrogen) atoms. The number of amides is 1. The van der Waals surface area contributed by atoms with Crippen molar-refractivity contribution < 1.29 is 15.0 Å². The van der Waals surface area contributed by atoms with Crippen LogP contribution in [0.5, 0.6) is 11.5 Å². The molecule has 5 nitrogen and oxygen atoms in total. The molecule has 138 valence electrons. The Morgan fingerprint density at radius 1 is 1.19 bits per heavy atom. The minimum absolute atomic E-state index is 0.0526. The van der Waals surface area contributed by atoms with E-state index in [1.165, 1.54) is 23.8 Å². The van der Waals surface area contributed by atoms with Crippen molar-refractivity contribution in [3.8, 4) is 11.5 Å². The number of carbonyl (C=O) groups is 1. The first-order chi connectivity index (χ1) is 12.5. The summed E-state index contributed by atoms with van der Waals surface area (Å²) in [5, 5.41) is 22.4. The number of phenols is 2. The molecule has 2 aromatic carbocycles. The van der Waals surface area contributed by atoms with E-state index in [1.54, 1.807) is 0 Å². The Morgan fingerprint density at radius 3 is 2.69 bits per heavy atom. The third-order valence-electron chi connectivity index (χ3n) is 5.03. The summed E-state index contributed by atoms with van der Waals surface area (Å²) in [7, 11) is 0. The number of nitrogens with one attached hydrogen (secondary N) is 1. The van der Waals surface area contributed by atoms with Crippen LogP contribution >= 0.6 is 0 Å². The van der Waals surface area contributed by atoms with Gasteiger partial charge in [-0.15, -0.1) is 0 Å². The first-order valence-corrected chi connectivity index (χ1v) is 9.14. The Morgan fingerprint density at radius 2 is 1.96 bits per heavy atom. The van der Waals surface area contributed by atoms with E-state index in [-0.39, 0.29) is 29.1 Å². The second-order valence-corrected chi connectivity index (χ2v) is 7.09. The largest absolute Gasteiger partial charge is 0.508 e. The van der Waals surface area contributed by atoms with Crippen molar-refractivity contribution in [3.05, 3.63) is 59.7 Å². The standard InChI is InChI=1S/C21H26N2O3/c1-15-9-11-23(12-10-16-5-3-2-4-6-16)20(13-15)22-21(26)18-8-7-17(24)14-19(18)25/h2-8,14-15,20,24-25H,9-13H2,1H3,(H,22,26). The molecule has 0 spiro atoms.